The van der Waals surface area contributed by atoms with Gasteiger partial charge in [0.15, 0.2) is 0 Å². The molecule has 21 heavy (non-hydrogen) atoms. The highest BCUT2D eigenvalue weighted by Crippen LogP contribution is 2.22. The summed E-state index contributed by atoms with van der Waals surface area (Å²) in [7, 11) is 1.30. The summed E-state index contributed by atoms with van der Waals surface area (Å²) >= 11 is 7.00. The van der Waals surface area contributed by atoms with Crippen molar-refractivity contribution in [1.82, 2.24) is 5.32 Å². The molecule has 1 heterocycles. The van der Waals surface area contributed by atoms with Crippen LogP contribution in [0.2, 0.25) is 5.02 Å². The summed E-state index contributed by atoms with van der Waals surface area (Å²) in [6.07, 6.45) is 0. The van der Waals surface area contributed by atoms with Crippen LogP contribution in [0.15, 0.2) is 35.7 Å². The Bertz CT molecular complexity index is 640. The van der Waals surface area contributed by atoms with E-state index < -0.39 is 12.0 Å². The van der Waals surface area contributed by atoms with Gasteiger partial charge < -0.3 is 15.4 Å². The third kappa shape index (κ3) is 4.21. The van der Waals surface area contributed by atoms with Gasteiger partial charge in [0.05, 0.1) is 12.8 Å². The molecule has 1 aromatic carbocycles. The van der Waals surface area contributed by atoms with Crippen LogP contribution in [0.5, 0.6) is 0 Å². The van der Waals surface area contributed by atoms with Crippen molar-refractivity contribution in [1.29, 1.82) is 0 Å². The van der Waals surface area contributed by atoms with Gasteiger partial charge in [-0.05, 0) is 29.1 Å². The summed E-state index contributed by atoms with van der Waals surface area (Å²) in [5, 5.41) is 7.67. The van der Waals surface area contributed by atoms with Gasteiger partial charge in [-0.3, -0.25) is 0 Å². The Labute approximate surface area is 130 Å². The summed E-state index contributed by atoms with van der Waals surface area (Å²) in [6, 6.07) is 8.42. The standard InChI is InChI=1S/C14H13ClN2O3S/c1-20-13(18)12-11(6-7-21-12)17-14(19)16-8-9-2-4-10(15)5-3-9/h2-7H,8H2,1H3,(H2,16,17,19). The normalized spacial score (nSPS) is 10.0. The minimum atomic E-state index is -0.474. The number of ether oxygens (including phenoxy) is 1. The molecule has 1 aromatic heterocycles. The first-order valence-corrected chi connectivity index (χ1v) is 7.31. The van der Waals surface area contributed by atoms with Crippen molar-refractivity contribution in [2.45, 2.75) is 6.54 Å². The number of urea groups is 1. The Hall–Kier alpha value is -2.05. The molecule has 0 aliphatic carbocycles. The maximum atomic E-state index is 11.8. The van der Waals surface area contributed by atoms with Crippen LogP contribution in [0.1, 0.15) is 15.2 Å². The van der Waals surface area contributed by atoms with Gasteiger partial charge in [-0.25, -0.2) is 9.59 Å². The number of carbonyl (C=O) groups is 2. The number of esters is 1. The highest BCUT2D eigenvalue weighted by Gasteiger charge is 2.15. The molecule has 0 radical (unpaired) electrons. The molecule has 0 spiro atoms. The topological polar surface area (TPSA) is 67.4 Å². The van der Waals surface area contributed by atoms with Gasteiger partial charge in [0.2, 0.25) is 0 Å². The summed E-state index contributed by atoms with van der Waals surface area (Å²) in [5.41, 5.74) is 1.36. The van der Waals surface area contributed by atoms with Crippen molar-refractivity contribution in [3.8, 4) is 0 Å². The number of nitrogens with one attached hydrogen (secondary N) is 2. The second-order valence-corrected chi connectivity index (χ2v) is 5.44. The minimum Gasteiger partial charge on any atom is -0.465 e. The van der Waals surface area contributed by atoms with Crippen molar-refractivity contribution >= 4 is 40.6 Å². The van der Waals surface area contributed by atoms with Crippen molar-refractivity contribution < 1.29 is 14.3 Å². The molecular formula is C14H13ClN2O3S. The van der Waals surface area contributed by atoms with E-state index in [1.807, 2.05) is 12.1 Å². The van der Waals surface area contributed by atoms with Crippen LogP contribution < -0.4 is 10.6 Å². The number of carbonyl (C=O) groups excluding carboxylic acids is 2. The summed E-state index contributed by atoms with van der Waals surface area (Å²) in [4.78, 5) is 23.7. The molecule has 0 aliphatic heterocycles. The molecule has 0 saturated heterocycles. The number of hydrogen-bond donors (Lipinski definition) is 2. The lowest BCUT2D eigenvalue weighted by Gasteiger charge is -2.08. The van der Waals surface area contributed by atoms with E-state index in [1.54, 1.807) is 23.6 Å². The zero-order valence-electron chi connectivity index (χ0n) is 11.2. The highest BCUT2D eigenvalue weighted by molar-refractivity contribution is 7.12. The van der Waals surface area contributed by atoms with E-state index in [9.17, 15) is 9.59 Å². The predicted octanol–water partition coefficient (Wildman–Crippen LogP) is 3.51. The number of thiophene rings is 1. The Morgan fingerprint density at radius 3 is 2.62 bits per heavy atom. The number of amides is 2. The van der Waals surface area contributed by atoms with Gasteiger partial charge in [0.25, 0.3) is 0 Å². The molecule has 0 fully saturated rings. The van der Waals surface area contributed by atoms with E-state index in [4.69, 9.17) is 11.6 Å². The van der Waals surface area contributed by atoms with Gasteiger partial charge in [-0.1, -0.05) is 23.7 Å². The molecular weight excluding hydrogens is 312 g/mol. The molecule has 2 rings (SSSR count). The van der Waals surface area contributed by atoms with E-state index in [0.717, 1.165) is 5.56 Å². The Balaban J connectivity index is 1.92. The first-order valence-electron chi connectivity index (χ1n) is 6.05. The van der Waals surface area contributed by atoms with Gasteiger partial charge in [0, 0.05) is 11.6 Å². The third-order valence-electron chi connectivity index (χ3n) is 2.65. The lowest BCUT2D eigenvalue weighted by Crippen LogP contribution is -2.28. The number of halogens is 1. The van der Waals surface area contributed by atoms with Gasteiger partial charge in [-0.2, -0.15) is 0 Å². The summed E-state index contributed by atoms with van der Waals surface area (Å²) in [6.45, 7) is 0.362. The van der Waals surface area contributed by atoms with Crippen LogP contribution in [0, 0.1) is 0 Å². The van der Waals surface area contributed by atoms with Crippen LogP contribution in [-0.2, 0) is 11.3 Å². The highest BCUT2D eigenvalue weighted by atomic mass is 35.5. The molecule has 5 nitrogen and oxygen atoms in total. The molecule has 2 aromatic rings. The lowest BCUT2D eigenvalue weighted by molar-refractivity contribution is 0.0607. The Morgan fingerprint density at radius 1 is 1.24 bits per heavy atom. The zero-order valence-corrected chi connectivity index (χ0v) is 12.8. The molecule has 0 unspecified atom stereocenters. The number of rotatable bonds is 4. The quantitative estimate of drug-likeness (QED) is 0.846. The molecule has 2 amide bonds. The predicted molar refractivity (Wildman–Crippen MR) is 83.0 cm³/mol. The number of anilines is 1. The summed E-state index contributed by atoms with van der Waals surface area (Å²) < 4.78 is 4.64. The average Bonchev–Trinajstić information content (AvgIpc) is 2.94. The summed E-state index contributed by atoms with van der Waals surface area (Å²) in [5.74, 6) is -0.474. The monoisotopic (exact) mass is 324 g/mol. The number of hydrogen-bond acceptors (Lipinski definition) is 4. The van der Waals surface area contributed by atoms with E-state index >= 15 is 0 Å². The maximum Gasteiger partial charge on any atom is 0.350 e. The van der Waals surface area contributed by atoms with Gasteiger partial charge in [-0.15, -0.1) is 11.3 Å². The average molecular weight is 325 g/mol. The second kappa shape index (κ2) is 7.10. The largest absolute Gasteiger partial charge is 0.465 e. The Kier molecular flexibility index (Phi) is 5.19. The van der Waals surface area contributed by atoms with Crippen LogP contribution in [0.4, 0.5) is 10.5 Å². The fraction of sp³-hybridized carbons (Fsp3) is 0.143. The van der Waals surface area contributed by atoms with E-state index in [-0.39, 0.29) is 0 Å². The van der Waals surface area contributed by atoms with Crippen molar-refractivity contribution in [2.24, 2.45) is 0 Å². The smallest absolute Gasteiger partial charge is 0.350 e. The van der Waals surface area contributed by atoms with E-state index in [2.05, 4.69) is 15.4 Å². The van der Waals surface area contributed by atoms with Crippen LogP contribution in [0.25, 0.3) is 0 Å². The molecule has 7 heteroatoms. The first-order chi connectivity index (χ1) is 10.1. The van der Waals surface area contributed by atoms with Crippen molar-refractivity contribution in [3.63, 3.8) is 0 Å². The van der Waals surface area contributed by atoms with Crippen LogP contribution >= 0.6 is 22.9 Å². The molecule has 110 valence electrons. The van der Waals surface area contributed by atoms with E-state index in [0.29, 0.717) is 22.1 Å². The molecule has 0 bridgehead atoms. The second-order valence-electron chi connectivity index (χ2n) is 4.09. The molecule has 2 N–H and O–H groups in total. The molecule has 0 atom stereocenters. The molecule has 0 saturated carbocycles. The van der Waals surface area contributed by atoms with Crippen molar-refractivity contribution in [2.75, 3.05) is 12.4 Å². The van der Waals surface area contributed by atoms with Crippen LogP contribution in [0.3, 0.4) is 0 Å². The fourth-order valence-electron chi connectivity index (χ4n) is 1.61. The number of methoxy groups -OCH3 is 1. The minimum absolute atomic E-state index is 0.360. The van der Waals surface area contributed by atoms with Crippen LogP contribution in [-0.4, -0.2) is 19.1 Å². The Morgan fingerprint density at radius 2 is 1.95 bits per heavy atom. The molecule has 0 aliphatic rings. The van der Waals surface area contributed by atoms with Crippen molar-refractivity contribution in [3.05, 3.63) is 51.2 Å². The number of benzene rings is 1. The van der Waals surface area contributed by atoms with E-state index in [1.165, 1.54) is 18.4 Å². The zero-order chi connectivity index (χ0) is 15.2. The maximum absolute atomic E-state index is 11.8. The lowest BCUT2D eigenvalue weighted by atomic mass is 10.2. The SMILES string of the molecule is COC(=O)c1sccc1NC(=O)NCc1ccc(Cl)cc1. The van der Waals surface area contributed by atoms with Gasteiger partial charge in [0.1, 0.15) is 4.88 Å². The third-order valence-corrected chi connectivity index (χ3v) is 3.80. The fourth-order valence-corrected chi connectivity index (χ4v) is 2.50. The van der Waals surface area contributed by atoms with Gasteiger partial charge >= 0.3 is 12.0 Å². The first kappa shape index (κ1) is 15.3.